The Morgan fingerprint density at radius 1 is 1.10 bits per heavy atom. The van der Waals surface area contributed by atoms with Crippen molar-refractivity contribution in [1.82, 2.24) is 5.48 Å². The van der Waals surface area contributed by atoms with Gasteiger partial charge in [-0.05, 0) is 43.0 Å². The molecule has 1 saturated carbocycles. The Hall–Kier alpha value is -1.93. The molecule has 2 heterocycles. The van der Waals surface area contributed by atoms with Crippen LogP contribution in [0.4, 0.5) is 13.2 Å². The lowest BCUT2D eigenvalue weighted by Gasteiger charge is -2.23. The predicted octanol–water partition coefficient (Wildman–Crippen LogP) is 4.62. The highest BCUT2D eigenvalue weighted by molar-refractivity contribution is 5.68. The molecular weight excluding hydrogens is 387 g/mol. The molecule has 1 N–H and O–H groups in total. The van der Waals surface area contributed by atoms with E-state index in [1.165, 1.54) is 25.3 Å². The standard InChI is InChI=1S/C21H26F3NO4/c22-21(23,24)14-28-18-7-6-16(17-11-20(29-25-17)8-9-26-13-20)10-19(18)27-12-15-4-2-1-3-5-15/h6-7,10-11,15,25H,1-5,8-9,12-14H2. The molecule has 1 aromatic rings. The van der Waals surface area contributed by atoms with Crippen molar-refractivity contribution in [3.63, 3.8) is 0 Å². The number of nitrogens with one attached hydrogen (secondary N) is 1. The minimum Gasteiger partial charge on any atom is -0.489 e. The topological polar surface area (TPSA) is 49.0 Å². The van der Waals surface area contributed by atoms with E-state index >= 15 is 0 Å². The highest BCUT2D eigenvalue weighted by Gasteiger charge is 2.39. The summed E-state index contributed by atoms with van der Waals surface area (Å²) in [5.41, 5.74) is 3.96. The third-order valence-corrected chi connectivity index (χ3v) is 5.63. The van der Waals surface area contributed by atoms with Crippen LogP contribution in [0.5, 0.6) is 11.5 Å². The molecule has 160 valence electrons. The van der Waals surface area contributed by atoms with Gasteiger partial charge in [0.1, 0.15) is 5.60 Å². The molecular formula is C21H26F3NO4. The zero-order valence-corrected chi connectivity index (χ0v) is 16.2. The number of hydrogen-bond donors (Lipinski definition) is 1. The Balaban J connectivity index is 1.52. The van der Waals surface area contributed by atoms with Gasteiger partial charge in [0.15, 0.2) is 18.1 Å². The molecule has 1 saturated heterocycles. The smallest absolute Gasteiger partial charge is 0.422 e. The number of hydrogen-bond acceptors (Lipinski definition) is 5. The Morgan fingerprint density at radius 2 is 1.93 bits per heavy atom. The van der Waals surface area contributed by atoms with Crippen LogP contribution in [0.15, 0.2) is 24.3 Å². The van der Waals surface area contributed by atoms with Crippen LogP contribution in [-0.2, 0) is 9.57 Å². The van der Waals surface area contributed by atoms with Crippen LogP contribution in [0.3, 0.4) is 0 Å². The summed E-state index contributed by atoms with van der Waals surface area (Å²) in [6.45, 7) is 0.232. The monoisotopic (exact) mass is 413 g/mol. The molecule has 2 fully saturated rings. The highest BCUT2D eigenvalue weighted by Crippen LogP contribution is 2.37. The maximum absolute atomic E-state index is 12.6. The van der Waals surface area contributed by atoms with Crippen molar-refractivity contribution in [2.24, 2.45) is 5.92 Å². The lowest BCUT2D eigenvalue weighted by Crippen LogP contribution is -2.29. The van der Waals surface area contributed by atoms with E-state index < -0.39 is 18.4 Å². The van der Waals surface area contributed by atoms with E-state index in [0.717, 1.165) is 30.5 Å². The molecule has 1 atom stereocenters. The van der Waals surface area contributed by atoms with Crippen LogP contribution in [0.1, 0.15) is 44.1 Å². The van der Waals surface area contributed by atoms with Crippen molar-refractivity contribution in [3.8, 4) is 11.5 Å². The fourth-order valence-electron chi connectivity index (χ4n) is 4.01. The van der Waals surface area contributed by atoms with E-state index in [2.05, 4.69) is 5.48 Å². The highest BCUT2D eigenvalue weighted by atomic mass is 19.4. The van der Waals surface area contributed by atoms with Crippen molar-refractivity contribution in [3.05, 3.63) is 29.8 Å². The summed E-state index contributed by atoms with van der Waals surface area (Å²) < 4.78 is 54.3. The number of alkyl halides is 3. The molecule has 4 rings (SSSR count). The number of benzene rings is 1. The van der Waals surface area contributed by atoms with Crippen LogP contribution < -0.4 is 15.0 Å². The summed E-state index contributed by atoms with van der Waals surface area (Å²) >= 11 is 0. The van der Waals surface area contributed by atoms with Crippen molar-refractivity contribution in [2.45, 2.75) is 50.3 Å². The SMILES string of the molecule is FC(F)(F)COc1ccc(C2=CC3(CCOC3)ON2)cc1OCC1CCCCC1. The molecule has 0 aromatic heterocycles. The molecule has 8 heteroatoms. The Kier molecular flexibility index (Phi) is 5.92. The fraction of sp³-hybridized carbons (Fsp3) is 0.619. The molecule has 2 aliphatic heterocycles. The minimum atomic E-state index is -4.41. The Morgan fingerprint density at radius 3 is 2.66 bits per heavy atom. The van der Waals surface area contributed by atoms with Gasteiger partial charge >= 0.3 is 6.18 Å². The lowest BCUT2D eigenvalue weighted by molar-refractivity contribution is -0.153. The molecule has 5 nitrogen and oxygen atoms in total. The molecule has 1 unspecified atom stereocenters. The third kappa shape index (κ3) is 5.17. The third-order valence-electron chi connectivity index (χ3n) is 5.63. The quantitative estimate of drug-likeness (QED) is 0.738. The van der Waals surface area contributed by atoms with Gasteiger partial charge in [-0.2, -0.15) is 13.2 Å². The van der Waals surface area contributed by atoms with Crippen molar-refractivity contribution < 1.29 is 32.2 Å². The molecule has 1 aromatic carbocycles. The van der Waals surface area contributed by atoms with E-state index in [0.29, 0.717) is 31.5 Å². The average molecular weight is 413 g/mol. The van der Waals surface area contributed by atoms with Crippen LogP contribution >= 0.6 is 0 Å². The number of halogens is 3. The van der Waals surface area contributed by atoms with E-state index in [1.54, 1.807) is 12.1 Å². The molecule has 0 bridgehead atoms. The second kappa shape index (κ2) is 8.44. The van der Waals surface area contributed by atoms with E-state index in [4.69, 9.17) is 19.0 Å². The summed E-state index contributed by atoms with van der Waals surface area (Å²) in [7, 11) is 0. The van der Waals surface area contributed by atoms with Gasteiger partial charge in [-0.3, -0.25) is 10.3 Å². The summed E-state index contributed by atoms with van der Waals surface area (Å²) in [6, 6.07) is 4.94. The van der Waals surface area contributed by atoms with Gasteiger partial charge in [0.25, 0.3) is 0 Å². The van der Waals surface area contributed by atoms with Crippen LogP contribution in [0.25, 0.3) is 5.70 Å². The lowest BCUT2D eigenvalue weighted by atomic mass is 9.90. The fourth-order valence-corrected chi connectivity index (χ4v) is 4.01. The van der Waals surface area contributed by atoms with Gasteiger partial charge in [0.05, 0.1) is 18.9 Å². The van der Waals surface area contributed by atoms with Gasteiger partial charge in [-0.1, -0.05) is 19.3 Å². The molecule has 1 spiro atoms. The van der Waals surface area contributed by atoms with Gasteiger partial charge in [-0.25, -0.2) is 0 Å². The first-order valence-electron chi connectivity index (χ1n) is 10.1. The Labute approximate surface area is 168 Å². The molecule has 0 amide bonds. The first-order valence-corrected chi connectivity index (χ1v) is 10.1. The first-order chi connectivity index (χ1) is 13.9. The van der Waals surface area contributed by atoms with Gasteiger partial charge in [0, 0.05) is 18.6 Å². The number of hydroxylamine groups is 1. The second-order valence-corrected chi connectivity index (χ2v) is 8.01. The molecule has 29 heavy (non-hydrogen) atoms. The first kappa shape index (κ1) is 20.3. The van der Waals surface area contributed by atoms with Gasteiger partial charge in [0.2, 0.25) is 0 Å². The predicted molar refractivity (Wildman–Crippen MR) is 100 cm³/mol. The van der Waals surface area contributed by atoms with E-state index in [-0.39, 0.29) is 5.75 Å². The summed E-state index contributed by atoms with van der Waals surface area (Å²) in [5, 5.41) is 0. The van der Waals surface area contributed by atoms with Gasteiger partial charge in [-0.15, -0.1) is 0 Å². The molecule has 0 radical (unpaired) electrons. The van der Waals surface area contributed by atoms with Crippen LogP contribution in [-0.4, -0.2) is 38.2 Å². The van der Waals surface area contributed by atoms with Crippen LogP contribution in [0, 0.1) is 5.92 Å². The van der Waals surface area contributed by atoms with Crippen molar-refractivity contribution in [1.29, 1.82) is 0 Å². The normalized spacial score (nSPS) is 25.1. The summed E-state index contributed by atoms with van der Waals surface area (Å²) in [6.07, 6.45) is 4.06. The zero-order chi connectivity index (χ0) is 20.3. The summed E-state index contributed by atoms with van der Waals surface area (Å²) in [5.74, 6) is 0.845. The molecule has 1 aliphatic carbocycles. The van der Waals surface area contributed by atoms with E-state index in [9.17, 15) is 13.2 Å². The summed E-state index contributed by atoms with van der Waals surface area (Å²) in [4.78, 5) is 5.70. The Bertz CT molecular complexity index is 738. The second-order valence-electron chi connectivity index (χ2n) is 8.01. The van der Waals surface area contributed by atoms with Gasteiger partial charge < -0.3 is 14.2 Å². The largest absolute Gasteiger partial charge is 0.489 e. The van der Waals surface area contributed by atoms with Crippen molar-refractivity contribution >= 4 is 5.70 Å². The number of ether oxygens (including phenoxy) is 3. The maximum atomic E-state index is 12.6. The maximum Gasteiger partial charge on any atom is 0.422 e. The van der Waals surface area contributed by atoms with Crippen LogP contribution in [0.2, 0.25) is 0 Å². The van der Waals surface area contributed by atoms with E-state index in [1.807, 2.05) is 6.08 Å². The molecule has 3 aliphatic rings. The average Bonchev–Trinajstić information content (AvgIpc) is 3.35. The zero-order valence-electron chi connectivity index (χ0n) is 16.2. The number of rotatable bonds is 6. The van der Waals surface area contributed by atoms with Crippen molar-refractivity contribution in [2.75, 3.05) is 26.4 Å². The minimum absolute atomic E-state index is 0.0975.